The lowest BCUT2D eigenvalue weighted by Crippen LogP contribution is -2.33. The number of nitrogens with one attached hydrogen (secondary N) is 1. The number of rotatable bonds is 2. The van der Waals surface area contributed by atoms with Gasteiger partial charge in [-0.2, -0.15) is 0 Å². The van der Waals surface area contributed by atoms with Crippen molar-refractivity contribution in [2.75, 3.05) is 26.2 Å². The Morgan fingerprint density at radius 1 is 1.41 bits per heavy atom. The number of amides is 1. The summed E-state index contributed by atoms with van der Waals surface area (Å²) >= 11 is 6.03. The van der Waals surface area contributed by atoms with E-state index in [4.69, 9.17) is 11.6 Å². The van der Waals surface area contributed by atoms with E-state index in [2.05, 4.69) is 5.32 Å². The first-order chi connectivity index (χ1) is 10.0. The maximum Gasteiger partial charge on any atom is 0.283 e. The molecule has 1 atom stereocenters. The van der Waals surface area contributed by atoms with Gasteiger partial charge in [-0.05, 0) is 25.5 Å². The second-order valence-electron chi connectivity index (χ2n) is 5.79. The van der Waals surface area contributed by atoms with Gasteiger partial charge in [-0.3, -0.25) is 14.9 Å². The van der Waals surface area contributed by atoms with E-state index in [1.165, 1.54) is 18.2 Å². The van der Waals surface area contributed by atoms with Crippen LogP contribution in [0.15, 0.2) is 18.2 Å². The molecule has 120 valence electrons. The third-order valence-electron chi connectivity index (χ3n) is 4.46. The molecule has 2 saturated heterocycles. The molecule has 2 fully saturated rings. The van der Waals surface area contributed by atoms with Crippen LogP contribution in [0.1, 0.15) is 23.2 Å². The monoisotopic (exact) mass is 345 g/mol. The van der Waals surface area contributed by atoms with Gasteiger partial charge in [-0.1, -0.05) is 17.7 Å². The molecule has 1 amide bonds. The molecule has 22 heavy (non-hydrogen) atoms. The summed E-state index contributed by atoms with van der Waals surface area (Å²) in [5, 5.41) is 14.6. The molecular weight excluding hydrogens is 329 g/mol. The summed E-state index contributed by atoms with van der Waals surface area (Å²) in [6.07, 6.45) is 1.98. The Bertz CT molecular complexity index is 603. The Morgan fingerprint density at radius 2 is 2.18 bits per heavy atom. The number of carbonyl (C=O) groups excluding carboxylic acids is 1. The zero-order chi connectivity index (χ0) is 15.0. The highest BCUT2D eigenvalue weighted by Gasteiger charge is 2.43. The van der Waals surface area contributed by atoms with E-state index in [1.807, 2.05) is 0 Å². The van der Waals surface area contributed by atoms with Crippen LogP contribution in [0.25, 0.3) is 0 Å². The maximum absolute atomic E-state index is 12.6. The highest BCUT2D eigenvalue weighted by molar-refractivity contribution is 6.34. The molecule has 6 nitrogen and oxygen atoms in total. The van der Waals surface area contributed by atoms with Crippen molar-refractivity contribution < 1.29 is 9.72 Å². The van der Waals surface area contributed by atoms with Crippen molar-refractivity contribution in [3.8, 4) is 0 Å². The summed E-state index contributed by atoms with van der Waals surface area (Å²) in [5.41, 5.74) is -0.0868. The minimum atomic E-state index is -0.553. The zero-order valence-electron chi connectivity index (χ0n) is 11.9. The van der Waals surface area contributed by atoms with Crippen molar-refractivity contribution in [3.63, 3.8) is 0 Å². The minimum absolute atomic E-state index is 0. The molecule has 0 aromatic heterocycles. The first-order valence-corrected chi connectivity index (χ1v) is 7.33. The number of nitrogens with zero attached hydrogens (tertiary/aromatic N) is 2. The Hall–Kier alpha value is -1.37. The summed E-state index contributed by atoms with van der Waals surface area (Å²) < 4.78 is 0. The fourth-order valence-corrected chi connectivity index (χ4v) is 3.54. The van der Waals surface area contributed by atoms with Crippen LogP contribution in [-0.2, 0) is 0 Å². The van der Waals surface area contributed by atoms with Gasteiger partial charge in [0, 0.05) is 31.1 Å². The standard InChI is InChI=1S/C14H16ClN3O3.ClH/c15-10-2-1-3-11(18(20)21)12(10)13(19)17-7-5-14(9-17)4-6-16-8-14;/h1-3,16H,4-9H2;1H. The SMILES string of the molecule is Cl.O=C(c1c(Cl)cccc1[N+](=O)[O-])N1CCC2(CCNC2)C1. The average Bonchev–Trinajstić information content (AvgIpc) is 3.08. The summed E-state index contributed by atoms with van der Waals surface area (Å²) in [4.78, 5) is 24.9. The van der Waals surface area contributed by atoms with Crippen molar-refractivity contribution in [2.45, 2.75) is 12.8 Å². The topological polar surface area (TPSA) is 75.5 Å². The molecule has 1 unspecified atom stereocenters. The van der Waals surface area contributed by atoms with E-state index in [0.717, 1.165) is 25.9 Å². The molecule has 1 spiro atoms. The lowest BCUT2D eigenvalue weighted by molar-refractivity contribution is -0.385. The number of nitro groups is 1. The van der Waals surface area contributed by atoms with Gasteiger partial charge >= 0.3 is 0 Å². The van der Waals surface area contributed by atoms with Crippen LogP contribution in [-0.4, -0.2) is 41.9 Å². The van der Waals surface area contributed by atoms with E-state index in [-0.39, 0.29) is 40.0 Å². The third kappa shape index (κ3) is 2.91. The predicted molar refractivity (Wildman–Crippen MR) is 85.8 cm³/mol. The number of benzene rings is 1. The zero-order valence-corrected chi connectivity index (χ0v) is 13.5. The van der Waals surface area contributed by atoms with Crippen LogP contribution < -0.4 is 5.32 Å². The molecule has 1 aromatic rings. The Labute approximate surface area is 139 Å². The van der Waals surface area contributed by atoms with Crippen molar-refractivity contribution >= 4 is 35.6 Å². The molecule has 0 aliphatic carbocycles. The van der Waals surface area contributed by atoms with Gasteiger partial charge < -0.3 is 10.2 Å². The minimum Gasteiger partial charge on any atom is -0.338 e. The van der Waals surface area contributed by atoms with Crippen LogP contribution in [0, 0.1) is 15.5 Å². The number of hydrogen-bond acceptors (Lipinski definition) is 4. The summed E-state index contributed by atoms with van der Waals surface area (Å²) in [5.74, 6) is -0.337. The molecule has 2 aliphatic rings. The van der Waals surface area contributed by atoms with Crippen LogP contribution >= 0.6 is 24.0 Å². The molecule has 1 aromatic carbocycles. The summed E-state index contributed by atoms with van der Waals surface area (Å²) in [6, 6.07) is 4.33. The van der Waals surface area contributed by atoms with Gasteiger partial charge in [0.05, 0.1) is 9.95 Å². The quantitative estimate of drug-likeness (QED) is 0.659. The maximum atomic E-state index is 12.6. The van der Waals surface area contributed by atoms with Crippen molar-refractivity contribution in [3.05, 3.63) is 38.9 Å². The summed E-state index contributed by atoms with van der Waals surface area (Å²) in [7, 11) is 0. The van der Waals surface area contributed by atoms with Gasteiger partial charge in [-0.25, -0.2) is 0 Å². The molecule has 0 radical (unpaired) electrons. The van der Waals surface area contributed by atoms with Crippen molar-refractivity contribution in [2.24, 2.45) is 5.41 Å². The first-order valence-electron chi connectivity index (χ1n) is 6.95. The smallest absolute Gasteiger partial charge is 0.283 e. The second kappa shape index (κ2) is 6.40. The van der Waals surface area contributed by atoms with Gasteiger partial charge in [-0.15, -0.1) is 12.4 Å². The molecular formula is C14H17Cl2N3O3. The fraction of sp³-hybridized carbons (Fsp3) is 0.500. The number of nitro benzene ring substituents is 1. The number of likely N-dealkylation sites (tertiary alicyclic amines) is 1. The second-order valence-corrected chi connectivity index (χ2v) is 6.20. The molecule has 2 heterocycles. The Balaban J connectivity index is 0.00000176. The molecule has 1 N–H and O–H groups in total. The largest absolute Gasteiger partial charge is 0.338 e. The fourth-order valence-electron chi connectivity index (χ4n) is 3.29. The summed E-state index contributed by atoms with van der Waals surface area (Å²) in [6.45, 7) is 3.14. The van der Waals surface area contributed by atoms with E-state index in [9.17, 15) is 14.9 Å². The molecule has 0 saturated carbocycles. The lowest BCUT2D eigenvalue weighted by Gasteiger charge is -2.23. The van der Waals surface area contributed by atoms with Crippen LogP contribution in [0.3, 0.4) is 0 Å². The Kier molecular flexibility index (Phi) is 4.94. The third-order valence-corrected chi connectivity index (χ3v) is 4.77. The molecule has 8 heteroatoms. The van der Waals surface area contributed by atoms with Crippen LogP contribution in [0.4, 0.5) is 5.69 Å². The highest BCUT2D eigenvalue weighted by atomic mass is 35.5. The normalized spacial score (nSPS) is 23.6. The lowest BCUT2D eigenvalue weighted by atomic mass is 9.86. The van der Waals surface area contributed by atoms with E-state index >= 15 is 0 Å². The molecule has 0 bridgehead atoms. The molecule has 3 rings (SSSR count). The van der Waals surface area contributed by atoms with Crippen LogP contribution in [0.2, 0.25) is 5.02 Å². The number of hydrogen-bond donors (Lipinski definition) is 1. The van der Waals surface area contributed by atoms with Gasteiger partial charge in [0.25, 0.3) is 11.6 Å². The Morgan fingerprint density at radius 3 is 2.82 bits per heavy atom. The van der Waals surface area contributed by atoms with Crippen LogP contribution in [0.5, 0.6) is 0 Å². The first kappa shape index (κ1) is 17.0. The van der Waals surface area contributed by atoms with Gasteiger partial charge in [0.1, 0.15) is 5.56 Å². The number of carbonyl (C=O) groups is 1. The predicted octanol–water partition coefficient (Wildman–Crippen LogP) is 2.50. The molecule has 2 aliphatic heterocycles. The van der Waals surface area contributed by atoms with Gasteiger partial charge in [0.2, 0.25) is 0 Å². The van der Waals surface area contributed by atoms with E-state index in [0.29, 0.717) is 13.1 Å². The van der Waals surface area contributed by atoms with Crippen molar-refractivity contribution in [1.82, 2.24) is 10.2 Å². The number of halogens is 2. The van der Waals surface area contributed by atoms with E-state index in [1.54, 1.807) is 4.90 Å². The van der Waals surface area contributed by atoms with Crippen molar-refractivity contribution in [1.29, 1.82) is 0 Å². The van der Waals surface area contributed by atoms with Gasteiger partial charge in [0.15, 0.2) is 0 Å². The average molecular weight is 346 g/mol. The highest BCUT2D eigenvalue weighted by Crippen LogP contribution is 2.38. The van der Waals surface area contributed by atoms with E-state index < -0.39 is 4.92 Å².